The normalized spacial score (nSPS) is 14.1. The Kier molecular flexibility index (Phi) is 4.24. The number of hydrogen-bond donors (Lipinski definition) is 1. The van der Waals surface area contributed by atoms with Crippen LogP contribution in [0.4, 0.5) is 0 Å². The second-order valence-corrected chi connectivity index (χ2v) is 6.31. The number of benzene rings is 1. The van der Waals surface area contributed by atoms with Gasteiger partial charge in [-0.2, -0.15) is 0 Å². The molecule has 0 saturated heterocycles. The lowest BCUT2D eigenvalue weighted by atomic mass is 10.1. The van der Waals surface area contributed by atoms with E-state index in [1.165, 1.54) is 16.2 Å². The average Bonchev–Trinajstić information content (AvgIpc) is 2.47. The Morgan fingerprint density at radius 1 is 1.25 bits per heavy atom. The molecule has 1 aliphatic heterocycles. The predicted octanol–water partition coefficient (Wildman–Crippen LogP) is 3.38. The smallest absolute Gasteiger partial charge is 0.139 e. The monoisotopic (exact) mass is 305 g/mol. The van der Waals surface area contributed by atoms with E-state index in [1.807, 2.05) is 24.3 Å². The van der Waals surface area contributed by atoms with Gasteiger partial charge in [-0.3, -0.25) is 0 Å². The van der Waals surface area contributed by atoms with Crippen LogP contribution in [0, 0.1) is 6.92 Å². The molecule has 0 amide bonds. The molecule has 3 nitrogen and oxygen atoms in total. The minimum Gasteiger partial charge on any atom is -0.312 e. The molecule has 0 aliphatic carbocycles. The van der Waals surface area contributed by atoms with Gasteiger partial charge in [0.2, 0.25) is 0 Å². The summed E-state index contributed by atoms with van der Waals surface area (Å²) in [6.45, 7) is 3.98. The van der Waals surface area contributed by atoms with E-state index < -0.39 is 0 Å². The Morgan fingerprint density at radius 2 is 2.05 bits per heavy atom. The van der Waals surface area contributed by atoms with E-state index in [2.05, 4.69) is 17.2 Å². The van der Waals surface area contributed by atoms with Crippen LogP contribution in [0.2, 0.25) is 5.02 Å². The van der Waals surface area contributed by atoms with Crippen molar-refractivity contribution in [1.82, 2.24) is 15.3 Å². The fraction of sp³-hybridized carbons (Fsp3) is 0.333. The first-order valence-electron chi connectivity index (χ1n) is 6.67. The van der Waals surface area contributed by atoms with Crippen LogP contribution in [0.5, 0.6) is 0 Å². The first kappa shape index (κ1) is 13.9. The van der Waals surface area contributed by atoms with E-state index in [1.54, 1.807) is 11.8 Å². The number of halogens is 1. The maximum Gasteiger partial charge on any atom is 0.139 e. The van der Waals surface area contributed by atoms with Gasteiger partial charge in [0.05, 0.1) is 11.4 Å². The number of nitrogens with one attached hydrogen (secondary N) is 1. The molecule has 3 rings (SSSR count). The van der Waals surface area contributed by atoms with E-state index in [0.717, 1.165) is 41.8 Å². The molecule has 0 unspecified atom stereocenters. The van der Waals surface area contributed by atoms with E-state index in [9.17, 15) is 0 Å². The maximum atomic E-state index is 5.89. The molecular formula is C15H16ClN3S. The van der Waals surface area contributed by atoms with Crippen molar-refractivity contribution in [1.29, 1.82) is 0 Å². The van der Waals surface area contributed by atoms with Crippen molar-refractivity contribution >= 4 is 23.4 Å². The first-order valence-corrected chi connectivity index (χ1v) is 8.03. The van der Waals surface area contributed by atoms with Gasteiger partial charge in [-0.25, -0.2) is 9.97 Å². The Balaban J connectivity index is 1.74. The Hall–Kier alpha value is -1.10. The molecule has 1 aliphatic rings. The quantitative estimate of drug-likeness (QED) is 0.882. The molecular weight excluding hydrogens is 290 g/mol. The van der Waals surface area contributed by atoms with Crippen molar-refractivity contribution in [3.05, 3.63) is 52.1 Å². The summed E-state index contributed by atoms with van der Waals surface area (Å²) in [5.74, 6) is 1.71. The lowest BCUT2D eigenvalue weighted by molar-refractivity contribution is 0.617. The molecule has 0 spiro atoms. The van der Waals surface area contributed by atoms with E-state index in [0.29, 0.717) is 0 Å². The minimum absolute atomic E-state index is 0.766. The van der Waals surface area contributed by atoms with Crippen LogP contribution in [0.1, 0.15) is 22.8 Å². The van der Waals surface area contributed by atoms with Crippen LogP contribution in [0.15, 0.2) is 29.2 Å². The standard InChI is InChI=1S/C15H16ClN3S/c1-10-13-8-17-7-6-14(13)19-15(18-10)9-20-12-4-2-11(16)3-5-12/h2-5,17H,6-9H2,1H3. The third-order valence-corrected chi connectivity index (χ3v) is 4.63. The number of aryl methyl sites for hydroxylation is 1. The second-order valence-electron chi connectivity index (χ2n) is 4.82. The van der Waals surface area contributed by atoms with Crippen molar-refractivity contribution in [2.45, 2.75) is 30.5 Å². The molecule has 0 bridgehead atoms. The zero-order chi connectivity index (χ0) is 13.9. The summed E-state index contributed by atoms with van der Waals surface area (Å²) in [5, 5.41) is 4.13. The topological polar surface area (TPSA) is 37.8 Å². The molecule has 0 saturated carbocycles. The number of aromatic nitrogens is 2. The Labute approximate surface area is 128 Å². The molecule has 0 fully saturated rings. The molecule has 2 heterocycles. The summed E-state index contributed by atoms with van der Waals surface area (Å²) >= 11 is 7.63. The highest BCUT2D eigenvalue weighted by atomic mass is 35.5. The van der Waals surface area contributed by atoms with Crippen molar-refractivity contribution in [2.75, 3.05) is 6.54 Å². The van der Waals surface area contributed by atoms with Crippen LogP contribution in [-0.4, -0.2) is 16.5 Å². The van der Waals surface area contributed by atoms with Crippen LogP contribution in [0.3, 0.4) is 0 Å². The van der Waals surface area contributed by atoms with Crippen LogP contribution >= 0.6 is 23.4 Å². The van der Waals surface area contributed by atoms with E-state index in [-0.39, 0.29) is 0 Å². The molecule has 1 aromatic heterocycles. The summed E-state index contributed by atoms with van der Waals surface area (Å²) in [4.78, 5) is 10.5. The number of rotatable bonds is 3. The zero-order valence-corrected chi connectivity index (χ0v) is 12.9. The van der Waals surface area contributed by atoms with Crippen molar-refractivity contribution < 1.29 is 0 Å². The molecule has 0 atom stereocenters. The molecule has 0 radical (unpaired) electrons. The highest BCUT2D eigenvalue weighted by molar-refractivity contribution is 7.98. The number of thioether (sulfide) groups is 1. The van der Waals surface area contributed by atoms with Gasteiger partial charge in [-0.1, -0.05) is 11.6 Å². The summed E-state index contributed by atoms with van der Waals surface area (Å²) in [6, 6.07) is 7.88. The van der Waals surface area contributed by atoms with Gasteiger partial charge < -0.3 is 5.32 Å². The van der Waals surface area contributed by atoms with Crippen LogP contribution in [0.25, 0.3) is 0 Å². The number of hydrogen-bond acceptors (Lipinski definition) is 4. The van der Waals surface area contributed by atoms with Crippen LogP contribution in [-0.2, 0) is 18.7 Å². The second kappa shape index (κ2) is 6.12. The lowest BCUT2D eigenvalue weighted by Crippen LogP contribution is -2.26. The summed E-state index contributed by atoms with van der Waals surface area (Å²) in [5.41, 5.74) is 3.59. The van der Waals surface area contributed by atoms with Crippen molar-refractivity contribution in [2.24, 2.45) is 0 Å². The third kappa shape index (κ3) is 3.14. The largest absolute Gasteiger partial charge is 0.312 e. The predicted molar refractivity (Wildman–Crippen MR) is 83.2 cm³/mol. The first-order chi connectivity index (χ1) is 9.72. The molecule has 1 aromatic carbocycles. The molecule has 5 heteroatoms. The third-order valence-electron chi connectivity index (χ3n) is 3.37. The van der Waals surface area contributed by atoms with Gasteiger partial charge in [0, 0.05) is 40.7 Å². The van der Waals surface area contributed by atoms with Gasteiger partial charge in [-0.15, -0.1) is 11.8 Å². The van der Waals surface area contributed by atoms with Gasteiger partial charge in [0.25, 0.3) is 0 Å². The number of fused-ring (bicyclic) bond motifs is 1. The fourth-order valence-corrected chi connectivity index (χ4v) is 3.20. The molecule has 104 valence electrons. The minimum atomic E-state index is 0.766. The Bertz CT molecular complexity index is 613. The van der Waals surface area contributed by atoms with Gasteiger partial charge in [0.15, 0.2) is 0 Å². The molecule has 2 aromatic rings. The van der Waals surface area contributed by atoms with E-state index in [4.69, 9.17) is 16.6 Å². The highest BCUT2D eigenvalue weighted by Crippen LogP contribution is 2.24. The summed E-state index contributed by atoms with van der Waals surface area (Å²) < 4.78 is 0. The highest BCUT2D eigenvalue weighted by Gasteiger charge is 2.14. The molecule has 20 heavy (non-hydrogen) atoms. The average molecular weight is 306 g/mol. The fourth-order valence-electron chi connectivity index (χ4n) is 2.32. The van der Waals surface area contributed by atoms with Crippen molar-refractivity contribution in [3.8, 4) is 0 Å². The maximum absolute atomic E-state index is 5.89. The van der Waals surface area contributed by atoms with Gasteiger partial charge in [-0.05, 0) is 31.2 Å². The van der Waals surface area contributed by atoms with Gasteiger partial charge >= 0.3 is 0 Å². The van der Waals surface area contributed by atoms with Crippen LogP contribution < -0.4 is 5.32 Å². The summed E-state index contributed by atoms with van der Waals surface area (Å²) in [6.07, 6.45) is 0.997. The zero-order valence-electron chi connectivity index (χ0n) is 11.3. The van der Waals surface area contributed by atoms with Gasteiger partial charge in [0.1, 0.15) is 5.82 Å². The Morgan fingerprint density at radius 3 is 2.85 bits per heavy atom. The van der Waals surface area contributed by atoms with E-state index >= 15 is 0 Å². The number of nitrogens with zero attached hydrogens (tertiary/aromatic N) is 2. The SMILES string of the molecule is Cc1nc(CSc2ccc(Cl)cc2)nc2c1CNCC2. The summed E-state index contributed by atoms with van der Waals surface area (Å²) in [7, 11) is 0. The van der Waals surface area contributed by atoms with Crippen molar-refractivity contribution in [3.63, 3.8) is 0 Å². The lowest BCUT2D eigenvalue weighted by Gasteiger charge is -2.18. The molecule has 1 N–H and O–H groups in total.